The van der Waals surface area contributed by atoms with Crippen LogP contribution in [0, 0.1) is 12.3 Å². The normalized spacial score (nSPS) is 12.2. The van der Waals surface area contributed by atoms with Gasteiger partial charge in [-0.25, -0.2) is 0 Å². The van der Waals surface area contributed by atoms with Crippen LogP contribution in [0.3, 0.4) is 0 Å². The molecule has 0 saturated carbocycles. The number of hydrogen-bond donors (Lipinski definition) is 1. The molecule has 1 atom stereocenters. The van der Waals surface area contributed by atoms with Crippen molar-refractivity contribution in [2.45, 2.75) is 25.3 Å². The van der Waals surface area contributed by atoms with Crippen LogP contribution >= 0.6 is 0 Å². The highest BCUT2D eigenvalue weighted by Crippen LogP contribution is 2.27. The molecule has 2 rings (SSSR count). The molecule has 0 aliphatic carbocycles. The summed E-state index contributed by atoms with van der Waals surface area (Å²) in [6, 6.07) is 15.4. The Balaban J connectivity index is 2.30. The quantitative estimate of drug-likeness (QED) is 0.614. The van der Waals surface area contributed by atoms with Gasteiger partial charge in [-0.3, -0.25) is 0 Å². The Labute approximate surface area is 109 Å². The number of rotatable bonds is 5. The van der Waals surface area contributed by atoms with Crippen LogP contribution in [-0.2, 0) is 0 Å². The van der Waals surface area contributed by atoms with Gasteiger partial charge in [-0.1, -0.05) is 42.5 Å². The highest BCUT2D eigenvalue weighted by Gasteiger charge is 2.11. The first-order valence-corrected chi connectivity index (χ1v) is 6.45. The summed E-state index contributed by atoms with van der Waals surface area (Å²) < 4.78 is 0. The molecule has 0 aromatic heterocycles. The molecule has 0 heterocycles. The molecule has 0 amide bonds. The van der Waals surface area contributed by atoms with Crippen molar-refractivity contribution in [2.75, 3.05) is 7.05 Å². The summed E-state index contributed by atoms with van der Waals surface area (Å²) in [4.78, 5) is 0. The first-order valence-electron chi connectivity index (χ1n) is 6.45. The van der Waals surface area contributed by atoms with Gasteiger partial charge in [-0.15, -0.1) is 12.3 Å². The van der Waals surface area contributed by atoms with Crippen molar-refractivity contribution in [2.24, 2.45) is 0 Å². The van der Waals surface area contributed by atoms with Gasteiger partial charge in [0.15, 0.2) is 0 Å². The van der Waals surface area contributed by atoms with E-state index in [0.717, 1.165) is 19.3 Å². The van der Waals surface area contributed by atoms with Crippen LogP contribution in [0.1, 0.15) is 30.9 Å². The van der Waals surface area contributed by atoms with Gasteiger partial charge in [0, 0.05) is 12.5 Å². The molecule has 1 nitrogen and oxygen atoms in total. The Morgan fingerprint density at radius 1 is 1.17 bits per heavy atom. The average Bonchev–Trinajstić information content (AvgIpc) is 2.43. The summed E-state index contributed by atoms with van der Waals surface area (Å²) >= 11 is 0. The van der Waals surface area contributed by atoms with E-state index in [0.29, 0.717) is 6.04 Å². The van der Waals surface area contributed by atoms with E-state index in [4.69, 9.17) is 6.42 Å². The molecule has 0 bridgehead atoms. The molecule has 0 aliphatic heterocycles. The maximum atomic E-state index is 5.32. The molecule has 92 valence electrons. The average molecular weight is 237 g/mol. The summed E-state index contributed by atoms with van der Waals surface area (Å²) in [5.74, 6) is 2.71. The van der Waals surface area contributed by atoms with Gasteiger partial charge in [0.25, 0.3) is 0 Å². The van der Waals surface area contributed by atoms with Gasteiger partial charge in [0.1, 0.15) is 0 Å². The number of benzene rings is 2. The number of unbranched alkanes of at least 4 members (excludes halogenated alkanes) is 1. The molecule has 0 saturated heterocycles. The smallest absolute Gasteiger partial charge is 0.0324 e. The van der Waals surface area contributed by atoms with Crippen LogP contribution in [0.5, 0.6) is 0 Å². The van der Waals surface area contributed by atoms with Crippen molar-refractivity contribution in [3.63, 3.8) is 0 Å². The van der Waals surface area contributed by atoms with E-state index in [9.17, 15) is 0 Å². The minimum Gasteiger partial charge on any atom is -0.313 e. The van der Waals surface area contributed by atoms with E-state index in [1.165, 1.54) is 16.3 Å². The van der Waals surface area contributed by atoms with E-state index in [1.54, 1.807) is 0 Å². The van der Waals surface area contributed by atoms with Crippen LogP contribution in [0.4, 0.5) is 0 Å². The van der Waals surface area contributed by atoms with Gasteiger partial charge in [-0.2, -0.15) is 0 Å². The third-order valence-electron chi connectivity index (χ3n) is 3.36. The fourth-order valence-corrected chi connectivity index (χ4v) is 2.42. The van der Waals surface area contributed by atoms with Crippen molar-refractivity contribution < 1.29 is 0 Å². The van der Waals surface area contributed by atoms with Crippen molar-refractivity contribution >= 4 is 10.8 Å². The molecule has 1 unspecified atom stereocenters. The molecule has 1 heteroatoms. The van der Waals surface area contributed by atoms with Gasteiger partial charge >= 0.3 is 0 Å². The molecule has 18 heavy (non-hydrogen) atoms. The van der Waals surface area contributed by atoms with Gasteiger partial charge < -0.3 is 5.32 Å². The molecule has 0 fully saturated rings. The largest absolute Gasteiger partial charge is 0.313 e. The third kappa shape index (κ3) is 2.72. The van der Waals surface area contributed by atoms with E-state index >= 15 is 0 Å². The minimum atomic E-state index is 0.379. The first kappa shape index (κ1) is 12.7. The summed E-state index contributed by atoms with van der Waals surface area (Å²) in [5, 5.41) is 6.03. The number of terminal acetylenes is 1. The maximum absolute atomic E-state index is 5.32. The molecule has 0 spiro atoms. The van der Waals surface area contributed by atoms with E-state index < -0.39 is 0 Å². The van der Waals surface area contributed by atoms with Crippen LogP contribution in [0.15, 0.2) is 42.5 Å². The predicted molar refractivity (Wildman–Crippen MR) is 78.4 cm³/mol. The summed E-state index contributed by atoms with van der Waals surface area (Å²) in [5.41, 5.74) is 1.37. The lowest BCUT2D eigenvalue weighted by Gasteiger charge is -2.18. The number of hydrogen-bond acceptors (Lipinski definition) is 1. The molecule has 2 aromatic carbocycles. The zero-order chi connectivity index (χ0) is 12.8. The lowest BCUT2D eigenvalue weighted by molar-refractivity contribution is 0.535. The lowest BCUT2D eigenvalue weighted by atomic mass is 9.95. The Kier molecular flexibility index (Phi) is 4.39. The monoisotopic (exact) mass is 237 g/mol. The van der Waals surface area contributed by atoms with Gasteiger partial charge in [0.2, 0.25) is 0 Å². The SMILES string of the molecule is C#CCCCC(NC)c1cccc2ccccc12. The highest BCUT2D eigenvalue weighted by atomic mass is 14.9. The molecular formula is C17H19N. The minimum absolute atomic E-state index is 0.379. The molecule has 2 aromatic rings. The lowest BCUT2D eigenvalue weighted by Crippen LogP contribution is -2.16. The van der Waals surface area contributed by atoms with Gasteiger partial charge in [0.05, 0.1) is 0 Å². The van der Waals surface area contributed by atoms with Crippen LogP contribution in [0.25, 0.3) is 10.8 Å². The Bertz CT molecular complexity index is 546. The van der Waals surface area contributed by atoms with Gasteiger partial charge in [-0.05, 0) is 36.2 Å². The summed E-state index contributed by atoms with van der Waals surface area (Å²) in [6.07, 6.45) is 8.30. The first-order chi connectivity index (χ1) is 8.86. The molecule has 0 radical (unpaired) electrons. The van der Waals surface area contributed by atoms with Crippen LogP contribution in [0.2, 0.25) is 0 Å². The maximum Gasteiger partial charge on any atom is 0.0324 e. The highest BCUT2D eigenvalue weighted by molar-refractivity contribution is 5.86. The fourth-order valence-electron chi connectivity index (χ4n) is 2.42. The predicted octanol–water partition coefficient (Wildman–Crippen LogP) is 3.90. The van der Waals surface area contributed by atoms with Crippen LogP contribution in [-0.4, -0.2) is 7.05 Å². The Hall–Kier alpha value is -1.78. The van der Waals surface area contributed by atoms with Crippen molar-refractivity contribution in [3.8, 4) is 12.3 Å². The topological polar surface area (TPSA) is 12.0 Å². The zero-order valence-corrected chi connectivity index (χ0v) is 10.8. The van der Waals surface area contributed by atoms with E-state index in [-0.39, 0.29) is 0 Å². The van der Waals surface area contributed by atoms with Crippen molar-refractivity contribution in [3.05, 3.63) is 48.0 Å². The molecule has 0 aliphatic rings. The van der Waals surface area contributed by atoms with Crippen molar-refractivity contribution in [1.82, 2.24) is 5.32 Å². The Morgan fingerprint density at radius 3 is 2.72 bits per heavy atom. The summed E-state index contributed by atoms with van der Waals surface area (Å²) in [7, 11) is 2.02. The number of fused-ring (bicyclic) bond motifs is 1. The third-order valence-corrected chi connectivity index (χ3v) is 3.36. The Morgan fingerprint density at radius 2 is 1.94 bits per heavy atom. The standard InChI is InChI=1S/C17H19N/c1-3-4-5-13-17(18-2)16-12-8-10-14-9-6-7-11-15(14)16/h1,6-12,17-18H,4-5,13H2,2H3. The molecule has 1 N–H and O–H groups in total. The summed E-state index contributed by atoms with van der Waals surface area (Å²) in [6.45, 7) is 0. The van der Waals surface area contributed by atoms with Crippen LogP contribution < -0.4 is 5.32 Å². The fraction of sp³-hybridized carbons (Fsp3) is 0.294. The zero-order valence-electron chi connectivity index (χ0n) is 10.8. The van der Waals surface area contributed by atoms with E-state index in [1.807, 2.05) is 7.05 Å². The van der Waals surface area contributed by atoms with E-state index in [2.05, 4.69) is 53.7 Å². The second-order valence-corrected chi connectivity index (χ2v) is 4.51. The molecular weight excluding hydrogens is 218 g/mol. The number of nitrogens with one attached hydrogen (secondary N) is 1. The second-order valence-electron chi connectivity index (χ2n) is 4.51. The second kappa shape index (κ2) is 6.23. The van der Waals surface area contributed by atoms with Crippen molar-refractivity contribution in [1.29, 1.82) is 0 Å².